The zero-order chi connectivity index (χ0) is 39.7. The molecular weight excluding hydrogens is 728 g/mol. The summed E-state index contributed by atoms with van der Waals surface area (Å²) in [5, 5.41) is 27.0. The summed E-state index contributed by atoms with van der Waals surface area (Å²) in [7, 11) is 3.28. The van der Waals surface area contributed by atoms with E-state index in [0.717, 1.165) is 73.2 Å². The van der Waals surface area contributed by atoms with Crippen LogP contribution in [0.15, 0.2) is 42.5 Å². The molecule has 300 valence electrons. The number of benzene rings is 2. The van der Waals surface area contributed by atoms with Crippen molar-refractivity contribution in [2.24, 2.45) is 11.3 Å². The third kappa shape index (κ3) is 4.95. The first-order chi connectivity index (χ1) is 26.6. The van der Waals surface area contributed by atoms with Gasteiger partial charge < -0.3 is 29.6 Å². The number of aliphatic hydroxyl groups is 2. The van der Waals surface area contributed by atoms with Gasteiger partial charge in [-0.25, -0.2) is 4.79 Å². The van der Waals surface area contributed by atoms with Crippen molar-refractivity contribution in [2.75, 3.05) is 51.8 Å². The van der Waals surface area contributed by atoms with Crippen molar-refractivity contribution in [3.05, 3.63) is 75.5 Å². The number of halogens is 1. The number of aromatic nitrogens is 1. The lowest BCUT2D eigenvalue weighted by atomic mass is 9.47. The number of methoxy groups -OCH3 is 1. The molecule has 3 N–H and O–H groups in total. The average molecular weight is 785 g/mol. The van der Waals surface area contributed by atoms with Crippen LogP contribution in [0.3, 0.4) is 0 Å². The molecule has 3 aromatic rings. The molecule has 2 unspecified atom stereocenters. The molecule has 6 aliphatic rings. The number of aromatic amines is 1. The number of carbonyl (C=O) groups is 2. The van der Waals surface area contributed by atoms with Crippen LogP contribution < -0.4 is 4.90 Å². The number of esters is 2. The Labute approximate surface area is 335 Å². The molecule has 10 nitrogen and oxygen atoms in total. The second-order valence-electron chi connectivity index (χ2n) is 18.4. The van der Waals surface area contributed by atoms with Gasteiger partial charge in [0.1, 0.15) is 0 Å². The van der Waals surface area contributed by atoms with Crippen molar-refractivity contribution in [1.29, 1.82) is 0 Å². The number of carbonyl (C=O) groups excluding carboxylic acids is 2. The van der Waals surface area contributed by atoms with Gasteiger partial charge in [-0.2, -0.15) is 0 Å². The maximum absolute atomic E-state index is 14.3. The topological polar surface area (TPSA) is 119 Å². The van der Waals surface area contributed by atoms with Gasteiger partial charge in [-0.3, -0.25) is 14.6 Å². The molecule has 0 radical (unpaired) electrons. The molecule has 11 heteroatoms. The summed E-state index contributed by atoms with van der Waals surface area (Å²) in [5.41, 5.74) is 2.94. The quantitative estimate of drug-likeness (QED) is 0.218. The van der Waals surface area contributed by atoms with Gasteiger partial charge in [-0.05, 0) is 111 Å². The number of hydrogen-bond acceptors (Lipinski definition) is 9. The van der Waals surface area contributed by atoms with E-state index < -0.39 is 51.5 Å². The molecule has 3 fully saturated rings. The molecular formula is C45H57ClN4O6. The average Bonchev–Trinajstić information content (AvgIpc) is 3.82. The third-order valence-corrected chi connectivity index (χ3v) is 15.7. The Morgan fingerprint density at radius 2 is 1.84 bits per heavy atom. The number of aryl methyl sites for hydroxylation is 1. The highest BCUT2D eigenvalue weighted by Gasteiger charge is 2.80. The van der Waals surface area contributed by atoms with Crippen LogP contribution in [0.25, 0.3) is 10.9 Å². The number of nitrogens with one attached hydrogen (secondary N) is 1. The maximum Gasteiger partial charge on any atom is 0.344 e. The van der Waals surface area contributed by atoms with E-state index in [4.69, 9.17) is 21.1 Å². The molecule has 2 bridgehead atoms. The molecule has 1 aromatic heterocycles. The standard InChI is InChI=1S/C45H57ClN4O6/c1-8-42(53)23-28-22-41(5,36-30(13-17-49(24-28)25-42)31-20-29(46)11-12-34(31)47-36)32-21-33-35(19-26(32)3)48(6)38-44(33)15-18-50-16-10-14-43(9-2,37(44)50)39(56-27(4)51)45(38,54)40(52)55-7/h10-12,14,19-21,28,37-39,47,53-54H,8-9,13,15-18,22-25H2,1-7H3/t28-,37+,38?,39-,41-,42+,43-,44-,45+/m1/s1. The van der Waals surface area contributed by atoms with Crippen molar-refractivity contribution in [3.63, 3.8) is 0 Å². The Morgan fingerprint density at radius 1 is 1.05 bits per heavy atom. The van der Waals surface area contributed by atoms with Crippen molar-refractivity contribution >= 4 is 40.1 Å². The van der Waals surface area contributed by atoms with Gasteiger partial charge in [0, 0.05) is 89.7 Å². The van der Waals surface area contributed by atoms with E-state index in [2.05, 4.69) is 83.8 Å². The minimum atomic E-state index is -2.17. The van der Waals surface area contributed by atoms with Crippen LogP contribution in [0.1, 0.15) is 87.7 Å². The smallest absolute Gasteiger partial charge is 0.344 e. The first-order valence-electron chi connectivity index (χ1n) is 20.6. The number of fused-ring (bicyclic) bond motifs is 6. The number of ether oxygens (including phenoxy) is 2. The fourth-order valence-electron chi connectivity index (χ4n) is 13.5. The number of piperidine rings is 1. The van der Waals surface area contributed by atoms with Crippen LogP contribution in [0, 0.1) is 18.3 Å². The Hall–Kier alpha value is -3.41. The normalized spacial score (nSPS) is 38.5. The second kappa shape index (κ2) is 12.8. The largest absolute Gasteiger partial charge is 0.467 e. The molecule has 1 aliphatic carbocycles. The fraction of sp³-hybridized carbons (Fsp3) is 0.600. The van der Waals surface area contributed by atoms with Gasteiger partial charge in [-0.1, -0.05) is 43.7 Å². The zero-order valence-corrected chi connectivity index (χ0v) is 34.6. The molecule has 5 aliphatic heterocycles. The van der Waals surface area contributed by atoms with Crippen molar-refractivity contribution < 1.29 is 29.3 Å². The summed E-state index contributed by atoms with van der Waals surface area (Å²) in [6, 6.07) is 9.89. The van der Waals surface area contributed by atoms with E-state index in [1.165, 1.54) is 30.9 Å². The number of nitrogens with zero attached hydrogens (tertiary/aromatic N) is 3. The van der Waals surface area contributed by atoms with E-state index >= 15 is 0 Å². The van der Waals surface area contributed by atoms with Gasteiger partial charge in [0.2, 0.25) is 5.60 Å². The lowest BCUT2D eigenvalue weighted by Crippen LogP contribution is -2.81. The van der Waals surface area contributed by atoms with E-state index in [1.54, 1.807) is 0 Å². The SMILES string of the molecule is CC[C@]1(O)C[C@@H]2CN(CCc3c([nH]c4ccc(Cl)cc34)[C@@](C)(c3cc4c(cc3C)N(C)C3[C@]45CCN4CC=C[C@@](CC)([C@@H](OC(C)=O)[C@]3(O)C(=O)OC)[C@H]45)C2)C1. The van der Waals surface area contributed by atoms with Gasteiger partial charge in [0.25, 0.3) is 0 Å². The van der Waals surface area contributed by atoms with Crippen LogP contribution in [0.4, 0.5) is 5.69 Å². The van der Waals surface area contributed by atoms with Crippen LogP contribution in [0.5, 0.6) is 0 Å². The van der Waals surface area contributed by atoms with Crippen LogP contribution >= 0.6 is 11.6 Å². The minimum absolute atomic E-state index is 0.158. The highest BCUT2D eigenvalue weighted by molar-refractivity contribution is 6.31. The summed E-state index contributed by atoms with van der Waals surface area (Å²) in [6.07, 6.45) is 7.42. The van der Waals surface area contributed by atoms with Crippen molar-refractivity contribution in [2.45, 2.75) is 113 Å². The van der Waals surface area contributed by atoms with Gasteiger partial charge in [0.15, 0.2) is 6.10 Å². The molecule has 10 atom stereocenters. The Morgan fingerprint density at radius 3 is 2.55 bits per heavy atom. The molecule has 2 saturated heterocycles. The van der Waals surface area contributed by atoms with Gasteiger partial charge >= 0.3 is 11.9 Å². The Bertz CT molecular complexity index is 2170. The highest BCUT2D eigenvalue weighted by Crippen LogP contribution is 2.68. The minimum Gasteiger partial charge on any atom is -0.467 e. The number of likely N-dealkylation sites (N-methyl/N-ethyl adjacent to an activating group) is 1. The van der Waals surface area contributed by atoms with E-state index in [1.807, 2.05) is 13.1 Å². The fourth-order valence-corrected chi connectivity index (χ4v) is 13.7. The summed E-state index contributed by atoms with van der Waals surface area (Å²) in [4.78, 5) is 38.2. The summed E-state index contributed by atoms with van der Waals surface area (Å²) < 4.78 is 11.7. The Balaban J connectivity index is 1.30. The summed E-state index contributed by atoms with van der Waals surface area (Å²) in [5.74, 6) is -1.09. The third-order valence-electron chi connectivity index (χ3n) is 15.5. The molecule has 2 aromatic carbocycles. The van der Waals surface area contributed by atoms with Crippen LogP contribution in [-0.4, -0.2) is 113 Å². The maximum atomic E-state index is 14.3. The first kappa shape index (κ1) is 38.1. The Kier molecular flexibility index (Phi) is 8.71. The molecule has 9 rings (SSSR count). The van der Waals surface area contributed by atoms with Crippen molar-refractivity contribution in [1.82, 2.24) is 14.8 Å². The van der Waals surface area contributed by atoms with E-state index in [0.29, 0.717) is 30.8 Å². The summed E-state index contributed by atoms with van der Waals surface area (Å²) >= 11 is 6.68. The monoisotopic (exact) mass is 784 g/mol. The number of anilines is 1. The second-order valence-corrected chi connectivity index (χ2v) is 18.8. The lowest BCUT2D eigenvalue weighted by molar-refractivity contribution is -0.228. The van der Waals surface area contributed by atoms with Crippen molar-refractivity contribution in [3.8, 4) is 0 Å². The number of H-pyrrole nitrogens is 1. The van der Waals surface area contributed by atoms with Crippen LogP contribution in [-0.2, 0) is 36.3 Å². The lowest BCUT2D eigenvalue weighted by Gasteiger charge is -2.63. The first-order valence-corrected chi connectivity index (χ1v) is 21.0. The molecule has 56 heavy (non-hydrogen) atoms. The van der Waals surface area contributed by atoms with E-state index in [-0.39, 0.29) is 12.0 Å². The van der Waals surface area contributed by atoms with E-state index in [9.17, 15) is 19.8 Å². The summed E-state index contributed by atoms with van der Waals surface area (Å²) in [6.45, 7) is 14.0. The number of hydrogen-bond donors (Lipinski definition) is 3. The number of rotatable bonds is 5. The molecule has 1 spiro atoms. The van der Waals surface area contributed by atoms with Gasteiger partial charge in [0.05, 0.1) is 18.8 Å². The van der Waals surface area contributed by atoms with Crippen LogP contribution in [0.2, 0.25) is 5.02 Å². The zero-order valence-electron chi connectivity index (χ0n) is 33.9. The predicted molar refractivity (Wildman–Crippen MR) is 217 cm³/mol. The molecule has 1 saturated carbocycles. The van der Waals surface area contributed by atoms with Gasteiger partial charge in [-0.15, -0.1) is 0 Å². The molecule has 0 amide bonds. The molecule has 6 heterocycles. The predicted octanol–water partition coefficient (Wildman–Crippen LogP) is 5.79. The highest BCUT2D eigenvalue weighted by atomic mass is 35.5.